The van der Waals surface area contributed by atoms with Gasteiger partial charge in [0, 0.05) is 12.8 Å². The number of benzene rings is 1. The summed E-state index contributed by atoms with van der Waals surface area (Å²) in [5.41, 5.74) is 2.22. The van der Waals surface area contributed by atoms with Crippen molar-refractivity contribution in [2.75, 3.05) is 33.7 Å². The summed E-state index contributed by atoms with van der Waals surface area (Å²) in [6.45, 7) is 0.823. The average Bonchev–Trinajstić information content (AvgIpc) is 2.83. The van der Waals surface area contributed by atoms with Crippen molar-refractivity contribution in [1.29, 1.82) is 0 Å². The van der Waals surface area contributed by atoms with Gasteiger partial charge in [-0.2, -0.15) is 8.42 Å². The Kier molecular flexibility index (Phi) is 16.1. The summed E-state index contributed by atoms with van der Waals surface area (Å²) >= 11 is 0. The maximum Gasteiger partial charge on any atom is 0.305 e. The fraction of sp³-hybridized carbons (Fsp3) is 0.692. The van der Waals surface area contributed by atoms with Crippen LogP contribution < -0.4 is 4.74 Å². The van der Waals surface area contributed by atoms with Gasteiger partial charge in [0.2, 0.25) is 0 Å². The number of carbonyl (C=O) groups excluding carboxylic acids is 2. The van der Waals surface area contributed by atoms with Gasteiger partial charge in [0.1, 0.15) is 5.75 Å². The predicted molar refractivity (Wildman–Crippen MR) is 135 cm³/mol. The van der Waals surface area contributed by atoms with Gasteiger partial charge in [-0.15, -0.1) is 0 Å². The zero-order chi connectivity index (χ0) is 25.9. The van der Waals surface area contributed by atoms with Crippen LogP contribution in [0, 0.1) is 0 Å². The highest BCUT2D eigenvalue weighted by Gasteiger charge is 2.12. The van der Waals surface area contributed by atoms with E-state index >= 15 is 0 Å². The molecule has 0 saturated carbocycles. The topological polar surface area (TPSA) is 105 Å². The van der Waals surface area contributed by atoms with Crippen molar-refractivity contribution in [3.63, 3.8) is 0 Å². The molecular formula is C26H42O8S. The van der Waals surface area contributed by atoms with Gasteiger partial charge in [-0.1, -0.05) is 44.2 Å². The zero-order valence-corrected chi connectivity index (χ0v) is 22.3. The van der Waals surface area contributed by atoms with E-state index < -0.39 is 10.1 Å². The average molecular weight is 515 g/mol. The number of hydrogen-bond donors (Lipinski definition) is 0. The Morgan fingerprint density at radius 2 is 1.34 bits per heavy atom. The molecule has 0 saturated heterocycles. The third-order valence-corrected chi connectivity index (χ3v) is 6.28. The monoisotopic (exact) mass is 514 g/mol. The first kappa shape index (κ1) is 30.9. The van der Waals surface area contributed by atoms with Gasteiger partial charge in [0.25, 0.3) is 10.1 Å². The minimum Gasteiger partial charge on any atom is -0.493 e. The Morgan fingerprint density at radius 3 is 2.03 bits per heavy atom. The van der Waals surface area contributed by atoms with Crippen molar-refractivity contribution in [2.24, 2.45) is 0 Å². The molecular weight excluding hydrogens is 472 g/mol. The molecule has 1 aromatic carbocycles. The summed E-state index contributed by atoms with van der Waals surface area (Å²) < 4.78 is 42.4. The van der Waals surface area contributed by atoms with E-state index in [1.165, 1.54) is 19.8 Å². The number of hydrogen-bond acceptors (Lipinski definition) is 8. The number of ether oxygens (including phenoxy) is 3. The van der Waals surface area contributed by atoms with E-state index in [0.717, 1.165) is 75.4 Å². The molecule has 200 valence electrons. The van der Waals surface area contributed by atoms with E-state index in [4.69, 9.17) is 13.7 Å². The van der Waals surface area contributed by atoms with Crippen molar-refractivity contribution >= 4 is 22.1 Å². The first-order chi connectivity index (χ1) is 16.8. The molecule has 0 atom stereocenters. The minimum absolute atomic E-state index is 0.159. The Labute approximate surface area is 210 Å². The predicted octanol–water partition coefficient (Wildman–Crippen LogP) is 4.76. The molecule has 0 heterocycles. The number of unbranched alkanes of at least 4 members (excludes halogenated alkanes) is 7. The first-order valence-corrected chi connectivity index (χ1v) is 14.3. The van der Waals surface area contributed by atoms with Crippen LogP contribution in [-0.4, -0.2) is 54.0 Å². The van der Waals surface area contributed by atoms with Crippen LogP contribution in [0.3, 0.4) is 0 Å². The molecule has 0 spiro atoms. The van der Waals surface area contributed by atoms with Gasteiger partial charge in [-0.05, 0) is 55.7 Å². The van der Waals surface area contributed by atoms with Crippen molar-refractivity contribution in [1.82, 2.24) is 0 Å². The smallest absolute Gasteiger partial charge is 0.305 e. The van der Waals surface area contributed by atoms with Crippen LogP contribution in [0.25, 0.3) is 0 Å². The molecule has 0 aromatic heterocycles. The lowest BCUT2D eigenvalue weighted by Gasteiger charge is -2.16. The highest BCUT2D eigenvalue weighted by Crippen LogP contribution is 2.26. The van der Waals surface area contributed by atoms with E-state index in [1.807, 2.05) is 12.1 Å². The summed E-state index contributed by atoms with van der Waals surface area (Å²) in [5, 5.41) is 0. The van der Waals surface area contributed by atoms with E-state index in [-0.39, 0.29) is 18.5 Å². The second kappa shape index (κ2) is 18.2. The largest absolute Gasteiger partial charge is 0.493 e. The van der Waals surface area contributed by atoms with Crippen LogP contribution in [0.4, 0.5) is 0 Å². The Hall–Kier alpha value is -2.13. The highest BCUT2D eigenvalue weighted by molar-refractivity contribution is 7.85. The fourth-order valence-electron chi connectivity index (χ4n) is 3.76. The maximum atomic E-state index is 11.7. The Morgan fingerprint density at radius 1 is 0.743 bits per heavy atom. The molecule has 8 nitrogen and oxygen atoms in total. The molecule has 0 radical (unpaired) electrons. The third-order valence-electron chi connectivity index (χ3n) is 5.69. The van der Waals surface area contributed by atoms with Gasteiger partial charge < -0.3 is 14.2 Å². The number of rotatable bonds is 20. The fourth-order valence-corrected chi connectivity index (χ4v) is 4.18. The van der Waals surface area contributed by atoms with Gasteiger partial charge in [0.05, 0.1) is 33.7 Å². The van der Waals surface area contributed by atoms with E-state index in [0.29, 0.717) is 32.3 Å². The molecule has 0 aliphatic heterocycles. The summed E-state index contributed by atoms with van der Waals surface area (Å²) in [7, 11) is -0.570. The molecule has 0 aliphatic carbocycles. The van der Waals surface area contributed by atoms with Crippen LogP contribution in [-0.2, 0) is 46.2 Å². The zero-order valence-electron chi connectivity index (χ0n) is 21.5. The van der Waals surface area contributed by atoms with Crippen LogP contribution in [0.5, 0.6) is 5.75 Å². The van der Waals surface area contributed by atoms with Crippen LogP contribution in [0.1, 0.15) is 81.8 Å². The summed E-state index contributed by atoms with van der Waals surface area (Å²) in [6.07, 6.45) is 11.6. The van der Waals surface area contributed by atoms with E-state index in [2.05, 4.69) is 10.8 Å². The van der Waals surface area contributed by atoms with Gasteiger partial charge in [-0.3, -0.25) is 13.8 Å². The van der Waals surface area contributed by atoms with E-state index in [1.54, 1.807) is 0 Å². The second-order valence-corrected chi connectivity index (χ2v) is 10.2. The molecule has 1 aromatic rings. The molecule has 0 fully saturated rings. The van der Waals surface area contributed by atoms with Crippen molar-refractivity contribution in [3.8, 4) is 5.75 Å². The van der Waals surface area contributed by atoms with Gasteiger partial charge in [0.15, 0.2) is 0 Å². The molecule has 0 N–H and O–H groups in total. The van der Waals surface area contributed by atoms with Crippen molar-refractivity contribution < 1.29 is 36.4 Å². The standard InChI is InChI=1S/C26H42O8S/c1-31-25(27)17-10-5-4-7-11-20-33-24-16-13-15-22(23(24)18-19-26(28)32-2)14-9-6-8-12-21-34-35(3,29)30/h13,15-16H,4-12,14,17-21H2,1-3H3. The second-order valence-electron chi connectivity index (χ2n) is 8.60. The number of carbonyl (C=O) groups is 2. The summed E-state index contributed by atoms with van der Waals surface area (Å²) in [5.74, 6) is 0.413. The minimum atomic E-state index is -3.37. The SMILES string of the molecule is COC(=O)CCCCCCCOc1cccc(CCCCCCOS(C)(=O)=O)c1CCC(=O)OC. The molecule has 0 bridgehead atoms. The number of esters is 2. The molecule has 1 rings (SSSR count). The first-order valence-electron chi connectivity index (χ1n) is 12.5. The normalized spacial score (nSPS) is 11.3. The lowest BCUT2D eigenvalue weighted by molar-refractivity contribution is -0.141. The highest BCUT2D eigenvalue weighted by atomic mass is 32.2. The van der Waals surface area contributed by atoms with E-state index in [9.17, 15) is 18.0 Å². The van der Waals surface area contributed by atoms with Crippen molar-refractivity contribution in [3.05, 3.63) is 29.3 Å². The molecule has 9 heteroatoms. The number of aryl methyl sites for hydroxylation is 1. The Balaban J connectivity index is 2.50. The summed E-state index contributed by atoms with van der Waals surface area (Å²) in [4.78, 5) is 22.9. The van der Waals surface area contributed by atoms with Gasteiger partial charge >= 0.3 is 11.9 Å². The molecule has 0 unspecified atom stereocenters. The van der Waals surface area contributed by atoms with Crippen LogP contribution in [0.2, 0.25) is 0 Å². The van der Waals surface area contributed by atoms with Crippen LogP contribution in [0.15, 0.2) is 18.2 Å². The lowest BCUT2D eigenvalue weighted by atomic mass is 9.97. The quantitative estimate of drug-likeness (QED) is 0.139. The van der Waals surface area contributed by atoms with Crippen molar-refractivity contribution in [2.45, 2.75) is 83.5 Å². The summed E-state index contributed by atoms with van der Waals surface area (Å²) in [6, 6.07) is 6.02. The maximum absolute atomic E-state index is 11.7. The van der Waals surface area contributed by atoms with Gasteiger partial charge in [-0.25, -0.2) is 0 Å². The van der Waals surface area contributed by atoms with Crippen LogP contribution >= 0.6 is 0 Å². The lowest BCUT2D eigenvalue weighted by Crippen LogP contribution is -2.07. The molecule has 0 aliphatic rings. The number of methoxy groups -OCH3 is 2. The Bertz CT molecular complexity index is 851. The molecule has 35 heavy (non-hydrogen) atoms. The third kappa shape index (κ3) is 15.5. The molecule has 0 amide bonds.